The molecule has 1 heterocycles. The third-order valence-corrected chi connectivity index (χ3v) is 4.47. The molecule has 1 aromatic carbocycles. The monoisotopic (exact) mass is 340 g/mol. The minimum atomic E-state index is 0.395. The highest BCUT2D eigenvalue weighted by atomic mass is 79.9. The molecule has 0 fully saturated rings. The Morgan fingerprint density at radius 1 is 1.44 bits per heavy atom. The van der Waals surface area contributed by atoms with Crippen molar-refractivity contribution in [1.29, 1.82) is 0 Å². The lowest BCUT2D eigenvalue weighted by molar-refractivity contribution is 1.13. The van der Waals surface area contributed by atoms with Crippen molar-refractivity contribution in [2.45, 2.75) is 13.5 Å². The normalized spacial score (nSPS) is 10.3. The Bertz CT molecular complexity index is 578. The van der Waals surface area contributed by atoms with Crippen LogP contribution in [0.5, 0.6) is 0 Å². The zero-order valence-corrected chi connectivity index (χ0v) is 13.1. The van der Waals surface area contributed by atoms with Crippen LogP contribution in [0, 0.1) is 6.92 Å². The molecule has 2 rings (SSSR count). The van der Waals surface area contributed by atoms with Crippen LogP contribution in [0.3, 0.4) is 0 Å². The molecule has 94 valence electrons. The molecule has 0 saturated heterocycles. The van der Waals surface area contributed by atoms with Crippen LogP contribution < -0.4 is 11.1 Å². The summed E-state index contributed by atoms with van der Waals surface area (Å²) in [5.74, 6) is 0. The maximum absolute atomic E-state index is 5.76. The molecule has 0 aliphatic heterocycles. The van der Waals surface area contributed by atoms with Gasteiger partial charge in [0.1, 0.15) is 4.99 Å². The van der Waals surface area contributed by atoms with E-state index in [1.807, 2.05) is 18.2 Å². The average Bonchev–Trinajstić information content (AvgIpc) is 2.71. The Morgan fingerprint density at radius 2 is 2.22 bits per heavy atom. The summed E-state index contributed by atoms with van der Waals surface area (Å²) in [4.78, 5) is 0.395. The third-order valence-electron chi connectivity index (χ3n) is 2.69. The molecule has 0 aliphatic carbocycles. The number of thiophene rings is 1. The Morgan fingerprint density at radius 3 is 2.83 bits per heavy atom. The van der Waals surface area contributed by atoms with E-state index in [2.05, 4.69) is 38.9 Å². The fraction of sp³-hybridized carbons (Fsp3) is 0.154. The second-order valence-electron chi connectivity index (χ2n) is 3.96. The minimum Gasteiger partial charge on any atom is -0.389 e. The maximum Gasteiger partial charge on any atom is 0.107 e. The average molecular weight is 341 g/mol. The van der Waals surface area contributed by atoms with E-state index in [1.165, 1.54) is 11.1 Å². The first-order valence-electron chi connectivity index (χ1n) is 5.43. The number of hydrogen-bond donors (Lipinski definition) is 2. The summed E-state index contributed by atoms with van der Waals surface area (Å²) < 4.78 is 0.919. The van der Waals surface area contributed by atoms with Gasteiger partial charge < -0.3 is 11.1 Å². The number of rotatable bonds is 4. The summed E-state index contributed by atoms with van der Waals surface area (Å²) in [5, 5.41) is 7.69. The summed E-state index contributed by atoms with van der Waals surface area (Å²) in [7, 11) is 0. The second-order valence-corrected chi connectivity index (χ2v) is 6.00. The van der Waals surface area contributed by atoms with Gasteiger partial charge in [-0.05, 0) is 56.9 Å². The molecule has 18 heavy (non-hydrogen) atoms. The van der Waals surface area contributed by atoms with E-state index in [0.717, 1.165) is 22.3 Å². The summed E-state index contributed by atoms with van der Waals surface area (Å²) in [6, 6.07) is 5.89. The van der Waals surface area contributed by atoms with Crippen molar-refractivity contribution in [3.05, 3.63) is 50.1 Å². The molecule has 0 radical (unpaired) electrons. The van der Waals surface area contributed by atoms with Crippen molar-refractivity contribution >= 4 is 50.2 Å². The highest BCUT2D eigenvalue weighted by Gasteiger charge is 2.09. The van der Waals surface area contributed by atoms with Crippen molar-refractivity contribution in [1.82, 2.24) is 0 Å². The van der Waals surface area contributed by atoms with Gasteiger partial charge >= 0.3 is 0 Å². The molecule has 2 nitrogen and oxygen atoms in total. The van der Waals surface area contributed by atoms with E-state index >= 15 is 0 Å². The Balaban J connectivity index is 2.22. The highest BCUT2D eigenvalue weighted by Crippen LogP contribution is 2.25. The van der Waals surface area contributed by atoms with Crippen molar-refractivity contribution in [3.63, 3.8) is 0 Å². The summed E-state index contributed by atoms with van der Waals surface area (Å²) in [6.45, 7) is 2.89. The predicted molar refractivity (Wildman–Crippen MR) is 86.4 cm³/mol. The lowest BCUT2D eigenvalue weighted by Gasteiger charge is -2.12. The van der Waals surface area contributed by atoms with Crippen LogP contribution in [-0.2, 0) is 6.54 Å². The Kier molecular flexibility index (Phi) is 4.37. The summed E-state index contributed by atoms with van der Waals surface area (Å²) in [6.07, 6.45) is 0. The first kappa shape index (κ1) is 13.5. The van der Waals surface area contributed by atoms with Crippen LogP contribution in [0.25, 0.3) is 0 Å². The van der Waals surface area contributed by atoms with Gasteiger partial charge in [0.2, 0.25) is 0 Å². The van der Waals surface area contributed by atoms with Crippen LogP contribution in [-0.4, -0.2) is 4.99 Å². The molecule has 0 saturated carbocycles. The SMILES string of the molecule is Cc1cscc1CNc1cccc(Br)c1C(N)=S. The van der Waals surface area contributed by atoms with Gasteiger partial charge in [-0.2, -0.15) is 11.3 Å². The van der Waals surface area contributed by atoms with Crippen molar-refractivity contribution < 1.29 is 0 Å². The van der Waals surface area contributed by atoms with Crippen LogP contribution in [0.4, 0.5) is 5.69 Å². The van der Waals surface area contributed by atoms with E-state index in [0.29, 0.717) is 4.99 Å². The van der Waals surface area contributed by atoms with Gasteiger partial charge in [0.25, 0.3) is 0 Å². The fourth-order valence-corrected chi connectivity index (χ4v) is 3.47. The summed E-state index contributed by atoms with van der Waals surface area (Å²) >= 11 is 10.3. The molecular weight excluding hydrogens is 328 g/mol. The molecule has 0 unspecified atom stereocenters. The van der Waals surface area contributed by atoms with Gasteiger partial charge in [-0.3, -0.25) is 0 Å². The molecular formula is C13H13BrN2S2. The molecule has 0 aliphatic rings. The van der Waals surface area contributed by atoms with Gasteiger partial charge in [-0.1, -0.05) is 18.3 Å². The lowest BCUT2D eigenvalue weighted by atomic mass is 10.1. The molecule has 5 heteroatoms. The van der Waals surface area contributed by atoms with E-state index in [4.69, 9.17) is 18.0 Å². The topological polar surface area (TPSA) is 38.0 Å². The molecule has 0 bridgehead atoms. The number of hydrogen-bond acceptors (Lipinski definition) is 3. The van der Waals surface area contributed by atoms with Gasteiger partial charge in [0.05, 0.1) is 0 Å². The van der Waals surface area contributed by atoms with Gasteiger partial charge in [-0.25, -0.2) is 0 Å². The Hall–Kier alpha value is -0.910. The fourth-order valence-electron chi connectivity index (χ4n) is 1.68. The zero-order chi connectivity index (χ0) is 13.1. The van der Waals surface area contributed by atoms with Crippen molar-refractivity contribution in [2.75, 3.05) is 5.32 Å². The van der Waals surface area contributed by atoms with Crippen LogP contribution in [0.2, 0.25) is 0 Å². The predicted octanol–water partition coefficient (Wildman–Crippen LogP) is 4.07. The first-order chi connectivity index (χ1) is 8.59. The minimum absolute atomic E-state index is 0.395. The van der Waals surface area contributed by atoms with E-state index < -0.39 is 0 Å². The maximum atomic E-state index is 5.76. The molecule has 1 aromatic heterocycles. The molecule has 3 N–H and O–H groups in total. The molecule has 0 spiro atoms. The lowest BCUT2D eigenvalue weighted by Crippen LogP contribution is -2.14. The quantitative estimate of drug-likeness (QED) is 0.824. The van der Waals surface area contributed by atoms with E-state index in [-0.39, 0.29) is 0 Å². The number of nitrogens with two attached hydrogens (primary N) is 1. The smallest absolute Gasteiger partial charge is 0.107 e. The highest BCUT2D eigenvalue weighted by molar-refractivity contribution is 9.10. The number of anilines is 1. The number of thiocarbonyl (C=S) groups is 1. The summed E-state index contributed by atoms with van der Waals surface area (Å²) in [5.41, 5.74) is 10.2. The van der Waals surface area contributed by atoms with Crippen LogP contribution in [0.15, 0.2) is 33.4 Å². The van der Waals surface area contributed by atoms with Crippen LogP contribution in [0.1, 0.15) is 16.7 Å². The van der Waals surface area contributed by atoms with Gasteiger partial charge in [-0.15, -0.1) is 0 Å². The van der Waals surface area contributed by atoms with Gasteiger partial charge in [0, 0.05) is 22.3 Å². The first-order valence-corrected chi connectivity index (χ1v) is 7.58. The molecule has 2 aromatic rings. The largest absolute Gasteiger partial charge is 0.389 e. The van der Waals surface area contributed by atoms with Crippen molar-refractivity contribution in [2.24, 2.45) is 5.73 Å². The molecule has 0 atom stereocenters. The van der Waals surface area contributed by atoms with Crippen molar-refractivity contribution in [3.8, 4) is 0 Å². The number of aryl methyl sites for hydroxylation is 1. The van der Waals surface area contributed by atoms with E-state index in [1.54, 1.807) is 11.3 Å². The number of halogens is 1. The third kappa shape index (κ3) is 2.91. The zero-order valence-electron chi connectivity index (χ0n) is 9.87. The second kappa shape index (κ2) is 5.82. The Labute approximate surface area is 124 Å². The molecule has 0 amide bonds. The van der Waals surface area contributed by atoms with Crippen LogP contribution >= 0.6 is 39.5 Å². The standard InChI is InChI=1S/C13H13BrN2S2/c1-8-6-18-7-9(8)5-16-11-4-2-3-10(14)12(11)13(15)17/h2-4,6-7,16H,5H2,1H3,(H2,15,17). The van der Waals surface area contributed by atoms with Gasteiger partial charge in [0.15, 0.2) is 0 Å². The number of benzene rings is 1. The van der Waals surface area contributed by atoms with E-state index in [9.17, 15) is 0 Å². The number of nitrogens with one attached hydrogen (secondary N) is 1.